The molecule has 7 rings (SSSR count). The van der Waals surface area contributed by atoms with Crippen molar-refractivity contribution in [2.45, 2.75) is 37.9 Å². The van der Waals surface area contributed by atoms with Crippen molar-refractivity contribution >= 4 is 16.8 Å². The van der Waals surface area contributed by atoms with E-state index in [0.717, 1.165) is 79.8 Å². The second-order valence-electron chi connectivity index (χ2n) is 12.2. The molecule has 1 aliphatic carbocycles. The Labute approximate surface area is 276 Å². The summed E-state index contributed by atoms with van der Waals surface area (Å²) in [5, 5.41) is 15.1. The first-order chi connectivity index (χ1) is 22.9. The molecule has 47 heavy (non-hydrogen) atoms. The second kappa shape index (κ2) is 11.7. The third-order valence-corrected chi connectivity index (χ3v) is 10.2. The van der Waals surface area contributed by atoms with E-state index in [1.807, 2.05) is 72.8 Å². The van der Waals surface area contributed by atoms with Gasteiger partial charge in [0.25, 0.3) is 0 Å². The minimum atomic E-state index is -1.27. The molecule has 1 N–H and O–H groups in total. The maximum absolute atomic E-state index is 13.2. The molecular formula is C41H40O6. The summed E-state index contributed by atoms with van der Waals surface area (Å²) in [7, 11) is 6.67. The molecule has 6 heteroatoms. The van der Waals surface area contributed by atoms with Crippen molar-refractivity contribution in [1.29, 1.82) is 0 Å². The Balaban J connectivity index is 1.58. The number of hydrogen-bond donors (Lipinski definition) is 1. The first kappa shape index (κ1) is 30.7. The summed E-state index contributed by atoms with van der Waals surface area (Å²) < 4.78 is 29.8. The number of rotatable bonds is 9. The number of aliphatic hydroxyl groups is 1. The molecule has 0 saturated heterocycles. The molecule has 5 aromatic rings. The molecule has 0 spiro atoms. The molecule has 1 atom stereocenters. The van der Waals surface area contributed by atoms with Crippen molar-refractivity contribution in [3.63, 3.8) is 0 Å². The molecule has 2 aliphatic rings. The number of fused-ring (bicyclic) bond motifs is 8. The van der Waals surface area contributed by atoms with Crippen LogP contribution < -0.4 is 23.7 Å². The average Bonchev–Trinajstić information content (AvgIpc) is 3.40. The van der Waals surface area contributed by atoms with E-state index in [1.165, 1.54) is 0 Å². The predicted octanol–water partition coefficient (Wildman–Crippen LogP) is 8.88. The molecule has 0 fully saturated rings. The van der Waals surface area contributed by atoms with Crippen LogP contribution in [0.4, 0.5) is 0 Å². The molecule has 0 saturated carbocycles. The van der Waals surface area contributed by atoms with Crippen LogP contribution in [0.15, 0.2) is 91.0 Å². The Morgan fingerprint density at radius 1 is 0.660 bits per heavy atom. The summed E-state index contributed by atoms with van der Waals surface area (Å²) in [5.41, 5.74) is 4.23. The Morgan fingerprint density at radius 3 is 1.74 bits per heavy atom. The number of methoxy groups -OCH3 is 4. The summed E-state index contributed by atoms with van der Waals surface area (Å²) in [6.45, 7) is 4.29. The van der Waals surface area contributed by atoms with Gasteiger partial charge in [-0.2, -0.15) is 0 Å². The minimum absolute atomic E-state index is 0.0438. The van der Waals surface area contributed by atoms with Gasteiger partial charge in [-0.3, -0.25) is 0 Å². The predicted molar refractivity (Wildman–Crippen MR) is 186 cm³/mol. The number of hydrogen-bond acceptors (Lipinski definition) is 6. The van der Waals surface area contributed by atoms with Crippen molar-refractivity contribution < 1.29 is 28.8 Å². The van der Waals surface area contributed by atoms with Gasteiger partial charge < -0.3 is 28.8 Å². The largest absolute Gasteiger partial charge is 0.497 e. The third-order valence-electron chi connectivity index (χ3n) is 10.2. The fourth-order valence-corrected chi connectivity index (χ4v) is 7.70. The van der Waals surface area contributed by atoms with Crippen molar-refractivity contribution in [2.24, 2.45) is 5.92 Å². The van der Waals surface area contributed by atoms with E-state index in [4.69, 9.17) is 23.7 Å². The summed E-state index contributed by atoms with van der Waals surface area (Å²) in [6, 6.07) is 28.1. The molecule has 1 aliphatic heterocycles. The van der Waals surface area contributed by atoms with Gasteiger partial charge in [-0.1, -0.05) is 50.3 Å². The number of benzene rings is 5. The Kier molecular flexibility index (Phi) is 7.64. The topological polar surface area (TPSA) is 66.4 Å². The lowest BCUT2D eigenvalue weighted by molar-refractivity contribution is 0.0158. The first-order valence-corrected chi connectivity index (χ1v) is 16.1. The summed E-state index contributed by atoms with van der Waals surface area (Å²) in [6.07, 6.45) is 5.85. The molecule has 6 nitrogen and oxygen atoms in total. The standard InChI is InChI=1S/C41H40O6/c1-7-25(8-2)41(42)36-24-31(46-6)18-20-33(36)37-32-19-17-30(45-5)23-35(32)39-34(38(37)41)21-22-40(47-39,26-9-13-28(43-3)14-10-26)27-11-15-29(44-4)16-12-27/h9-25,42H,7-8H2,1-6H3. The van der Waals surface area contributed by atoms with E-state index in [2.05, 4.69) is 38.1 Å². The maximum atomic E-state index is 13.2. The molecule has 0 aromatic heterocycles. The van der Waals surface area contributed by atoms with Crippen LogP contribution in [-0.2, 0) is 11.2 Å². The highest BCUT2D eigenvalue weighted by Crippen LogP contribution is 2.61. The zero-order chi connectivity index (χ0) is 32.9. The molecule has 5 aromatic carbocycles. The van der Waals surface area contributed by atoms with E-state index >= 15 is 0 Å². The van der Waals surface area contributed by atoms with Crippen molar-refractivity contribution in [1.82, 2.24) is 0 Å². The van der Waals surface area contributed by atoms with Gasteiger partial charge in [-0.05, 0) is 102 Å². The summed E-state index contributed by atoms with van der Waals surface area (Å²) in [4.78, 5) is 0. The monoisotopic (exact) mass is 628 g/mol. The van der Waals surface area contributed by atoms with Gasteiger partial charge >= 0.3 is 0 Å². The van der Waals surface area contributed by atoms with Gasteiger partial charge in [0.1, 0.15) is 34.3 Å². The smallest absolute Gasteiger partial charge is 0.178 e. The van der Waals surface area contributed by atoms with E-state index in [-0.39, 0.29) is 5.92 Å². The zero-order valence-electron chi connectivity index (χ0n) is 27.7. The first-order valence-electron chi connectivity index (χ1n) is 16.1. The molecule has 0 radical (unpaired) electrons. The Morgan fingerprint density at radius 2 is 1.19 bits per heavy atom. The van der Waals surface area contributed by atoms with Gasteiger partial charge in [-0.15, -0.1) is 0 Å². The van der Waals surface area contributed by atoms with Crippen LogP contribution in [0.2, 0.25) is 0 Å². The molecule has 1 unspecified atom stereocenters. The SMILES string of the molecule is CCC(CC)C1(O)c2cc(OC)ccc2-c2c1c1c(c3cc(OC)ccc23)OC(c2ccc(OC)cc2)(c2ccc(OC)cc2)C=C1. The fourth-order valence-electron chi connectivity index (χ4n) is 7.70. The minimum Gasteiger partial charge on any atom is -0.497 e. The molecule has 0 amide bonds. The van der Waals surface area contributed by atoms with Crippen LogP contribution in [0.1, 0.15) is 54.5 Å². The molecule has 240 valence electrons. The second-order valence-corrected chi connectivity index (χ2v) is 12.2. The van der Waals surface area contributed by atoms with Gasteiger partial charge in [0.05, 0.1) is 28.4 Å². The quantitative estimate of drug-likeness (QED) is 0.176. The Hall–Kier alpha value is -4.94. The molecule has 1 heterocycles. The van der Waals surface area contributed by atoms with Crippen LogP contribution in [0, 0.1) is 5.92 Å². The highest BCUT2D eigenvalue weighted by atomic mass is 16.5. The van der Waals surface area contributed by atoms with Crippen LogP contribution in [-0.4, -0.2) is 33.5 Å². The number of ether oxygens (including phenoxy) is 5. The lowest BCUT2D eigenvalue weighted by atomic mass is 9.73. The zero-order valence-corrected chi connectivity index (χ0v) is 27.7. The lowest BCUT2D eigenvalue weighted by Gasteiger charge is -2.40. The fraction of sp³-hybridized carbons (Fsp3) is 0.268. The molecule has 0 bridgehead atoms. The van der Waals surface area contributed by atoms with Crippen molar-refractivity contribution in [3.05, 3.63) is 119 Å². The van der Waals surface area contributed by atoms with Gasteiger partial charge in [0, 0.05) is 27.6 Å². The van der Waals surface area contributed by atoms with Crippen LogP contribution in [0.5, 0.6) is 28.7 Å². The third kappa shape index (κ3) is 4.49. The maximum Gasteiger partial charge on any atom is 0.178 e. The van der Waals surface area contributed by atoms with Crippen LogP contribution in [0.3, 0.4) is 0 Å². The van der Waals surface area contributed by atoms with Crippen molar-refractivity contribution in [2.75, 3.05) is 28.4 Å². The lowest BCUT2D eigenvalue weighted by Crippen LogP contribution is -2.37. The van der Waals surface area contributed by atoms with Crippen LogP contribution in [0.25, 0.3) is 28.0 Å². The van der Waals surface area contributed by atoms with Crippen LogP contribution >= 0.6 is 0 Å². The van der Waals surface area contributed by atoms with Crippen molar-refractivity contribution in [3.8, 4) is 39.9 Å². The van der Waals surface area contributed by atoms with Gasteiger partial charge in [0.2, 0.25) is 0 Å². The Bertz CT molecular complexity index is 1940. The van der Waals surface area contributed by atoms with Gasteiger partial charge in [0.15, 0.2) is 5.60 Å². The average molecular weight is 629 g/mol. The van der Waals surface area contributed by atoms with E-state index < -0.39 is 11.2 Å². The summed E-state index contributed by atoms with van der Waals surface area (Å²) in [5.74, 6) is 3.60. The van der Waals surface area contributed by atoms with E-state index in [0.29, 0.717) is 11.5 Å². The normalized spacial score (nSPS) is 17.1. The molecular weight excluding hydrogens is 588 g/mol. The van der Waals surface area contributed by atoms with E-state index in [1.54, 1.807) is 28.4 Å². The van der Waals surface area contributed by atoms with Gasteiger partial charge in [-0.25, -0.2) is 0 Å². The van der Waals surface area contributed by atoms with E-state index in [9.17, 15) is 5.11 Å². The highest BCUT2D eigenvalue weighted by Gasteiger charge is 2.51. The highest BCUT2D eigenvalue weighted by molar-refractivity contribution is 6.09. The summed E-state index contributed by atoms with van der Waals surface area (Å²) >= 11 is 0.